The number of hydrogen-bond donors (Lipinski definition) is 3. The summed E-state index contributed by atoms with van der Waals surface area (Å²) in [4.78, 5) is 23.4. The number of nitrogens with zero attached hydrogens (tertiary/aromatic N) is 3. The molecule has 0 spiro atoms. The Labute approximate surface area is 143 Å². The summed E-state index contributed by atoms with van der Waals surface area (Å²) >= 11 is 0. The molecule has 4 N–H and O–H groups in total. The molecule has 1 unspecified atom stereocenters. The van der Waals surface area contributed by atoms with Gasteiger partial charge in [0.2, 0.25) is 0 Å². The summed E-state index contributed by atoms with van der Waals surface area (Å²) in [5.74, 6) is -0.605. The second-order valence-corrected chi connectivity index (χ2v) is 5.27. The van der Waals surface area contributed by atoms with E-state index in [2.05, 4.69) is 10.1 Å². The molecule has 132 valence electrons. The van der Waals surface area contributed by atoms with E-state index in [0.717, 1.165) is 0 Å². The molecule has 0 aliphatic carbocycles. The highest BCUT2D eigenvalue weighted by Crippen LogP contribution is 2.34. The normalized spacial score (nSPS) is 11.0. The quantitative estimate of drug-likeness (QED) is 0.703. The van der Waals surface area contributed by atoms with Crippen LogP contribution in [0, 0.1) is 25.2 Å². The molecule has 0 radical (unpaired) electrons. The van der Waals surface area contributed by atoms with E-state index in [9.17, 15) is 10.1 Å². The Morgan fingerprint density at radius 2 is 2.12 bits per heavy atom. The Morgan fingerprint density at radius 3 is 2.56 bits per heavy atom. The number of hydrogen-bond acceptors (Lipinski definition) is 7. The van der Waals surface area contributed by atoms with Crippen molar-refractivity contribution in [3.05, 3.63) is 28.8 Å². The first-order valence-corrected chi connectivity index (χ1v) is 7.20. The lowest BCUT2D eigenvalue weighted by molar-refractivity contribution is -0.137. The summed E-state index contributed by atoms with van der Waals surface area (Å²) in [6.07, 6.45) is -0.0701. The third-order valence-electron chi connectivity index (χ3n) is 3.47. The molecule has 0 aromatic carbocycles. The number of aromatic nitrogens is 2. The maximum atomic E-state index is 10.9. The van der Waals surface area contributed by atoms with Crippen molar-refractivity contribution < 1.29 is 24.3 Å². The molecule has 1 atom stereocenters. The second-order valence-electron chi connectivity index (χ2n) is 5.27. The van der Waals surface area contributed by atoms with Crippen molar-refractivity contribution in [3.8, 4) is 17.2 Å². The van der Waals surface area contributed by atoms with Gasteiger partial charge >= 0.3 is 5.97 Å². The zero-order valence-corrected chi connectivity index (χ0v) is 14.0. The minimum Gasteiger partial charge on any atom is -0.483 e. The summed E-state index contributed by atoms with van der Waals surface area (Å²) in [5, 5.41) is 29.0. The van der Waals surface area contributed by atoms with E-state index >= 15 is 0 Å². The topological polar surface area (TPSA) is 163 Å². The van der Waals surface area contributed by atoms with Crippen LogP contribution in [0.1, 0.15) is 42.0 Å². The standard InChI is InChI=1S/C15H16N4O3.CH2O2/c1-7(4-13(20)21)12-5-10(11(6-16)15(17)18-12)14-8(2)19-22-9(14)3;2-1-3/h5,7H,4H2,1-3H3,(H2,17,18)(H,20,21);1H,(H,2,3). The van der Waals surface area contributed by atoms with E-state index in [1.165, 1.54) is 0 Å². The summed E-state index contributed by atoms with van der Waals surface area (Å²) in [6.45, 7) is 5.01. The molecule has 2 rings (SSSR count). The molecule has 9 nitrogen and oxygen atoms in total. The number of carbonyl (C=O) groups is 2. The number of nitrogen functional groups attached to an aromatic ring is 1. The Kier molecular flexibility index (Phi) is 6.63. The zero-order valence-electron chi connectivity index (χ0n) is 14.0. The molecule has 0 aliphatic heterocycles. The third kappa shape index (κ3) is 4.54. The lowest BCUT2D eigenvalue weighted by atomic mass is 9.95. The van der Waals surface area contributed by atoms with Crippen molar-refractivity contribution in [2.75, 3.05) is 5.73 Å². The second kappa shape index (κ2) is 8.44. The fourth-order valence-electron chi connectivity index (χ4n) is 2.39. The summed E-state index contributed by atoms with van der Waals surface area (Å²) < 4.78 is 5.14. The molecule has 9 heteroatoms. The monoisotopic (exact) mass is 346 g/mol. The largest absolute Gasteiger partial charge is 0.483 e. The number of nitrogens with two attached hydrogens (primary N) is 1. The maximum absolute atomic E-state index is 10.9. The van der Waals surface area contributed by atoms with Crippen LogP contribution in [0.4, 0.5) is 5.82 Å². The molecule has 0 saturated carbocycles. The highest BCUT2D eigenvalue weighted by molar-refractivity contribution is 5.78. The summed E-state index contributed by atoms with van der Waals surface area (Å²) in [5.41, 5.74) is 8.53. The molecular weight excluding hydrogens is 328 g/mol. The number of aliphatic carboxylic acids is 1. The molecule has 25 heavy (non-hydrogen) atoms. The van der Waals surface area contributed by atoms with E-state index in [0.29, 0.717) is 28.3 Å². The molecular formula is C16H18N4O5. The van der Waals surface area contributed by atoms with Crippen LogP contribution in [-0.4, -0.2) is 32.8 Å². The lowest BCUT2D eigenvalue weighted by Gasteiger charge is -2.13. The van der Waals surface area contributed by atoms with Crippen LogP contribution in [0.25, 0.3) is 11.1 Å². The smallest absolute Gasteiger partial charge is 0.304 e. The van der Waals surface area contributed by atoms with Crippen LogP contribution >= 0.6 is 0 Å². The Balaban J connectivity index is 0.000000970. The van der Waals surface area contributed by atoms with Gasteiger partial charge in [0.25, 0.3) is 6.47 Å². The highest BCUT2D eigenvalue weighted by Gasteiger charge is 2.21. The molecule has 0 bridgehead atoms. The van der Waals surface area contributed by atoms with Gasteiger partial charge in [0.15, 0.2) is 0 Å². The van der Waals surface area contributed by atoms with Crippen molar-refractivity contribution in [2.45, 2.75) is 33.1 Å². The Bertz CT molecular complexity index is 803. The van der Waals surface area contributed by atoms with E-state index < -0.39 is 5.97 Å². The molecule has 0 aliphatic rings. The van der Waals surface area contributed by atoms with Crippen molar-refractivity contribution in [3.63, 3.8) is 0 Å². The van der Waals surface area contributed by atoms with E-state index in [-0.39, 0.29) is 30.2 Å². The highest BCUT2D eigenvalue weighted by atomic mass is 16.5. The minimum atomic E-state index is -0.920. The molecule has 0 amide bonds. The predicted octanol–water partition coefficient (Wildman–Crippen LogP) is 2.09. The summed E-state index contributed by atoms with van der Waals surface area (Å²) in [7, 11) is 0. The van der Waals surface area contributed by atoms with Crippen LogP contribution in [-0.2, 0) is 9.59 Å². The van der Waals surface area contributed by atoms with Crippen molar-refractivity contribution in [2.24, 2.45) is 0 Å². The van der Waals surface area contributed by atoms with E-state index in [1.54, 1.807) is 26.8 Å². The van der Waals surface area contributed by atoms with Gasteiger partial charge in [-0.3, -0.25) is 9.59 Å². The first-order chi connectivity index (χ1) is 11.8. The number of pyridine rings is 1. The van der Waals surface area contributed by atoms with Gasteiger partial charge in [-0.1, -0.05) is 12.1 Å². The Morgan fingerprint density at radius 1 is 1.52 bits per heavy atom. The number of carboxylic acid groups (broad SMARTS) is 2. The van der Waals surface area contributed by atoms with Crippen molar-refractivity contribution in [1.82, 2.24) is 10.1 Å². The van der Waals surface area contributed by atoms with Gasteiger partial charge in [0.1, 0.15) is 23.2 Å². The minimum absolute atomic E-state index is 0.0701. The van der Waals surface area contributed by atoms with Gasteiger partial charge < -0.3 is 20.5 Å². The predicted molar refractivity (Wildman–Crippen MR) is 87.7 cm³/mol. The first-order valence-electron chi connectivity index (χ1n) is 7.20. The molecule has 2 heterocycles. The lowest BCUT2D eigenvalue weighted by Crippen LogP contribution is -2.08. The van der Waals surface area contributed by atoms with Gasteiger partial charge in [0, 0.05) is 22.7 Å². The number of nitriles is 1. The zero-order chi connectivity index (χ0) is 19.1. The van der Waals surface area contributed by atoms with E-state index in [4.69, 9.17) is 25.3 Å². The van der Waals surface area contributed by atoms with Crippen LogP contribution in [0.3, 0.4) is 0 Å². The maximum Gasteiger partial charge on any atom is 0.304 e. The molecule has 2 aromatic rings. The number of rotatable bonds is 4. The SMILES string of the molecule is Cc1noc(C)c1-c1cc(C(C)CC(=O)O)nc(N)c1C#N.O=CO. The Hall–Kier alpha value is -3.41. The van der Waals surface area contributed by atoms with Gasteiger partial charge in [-0.05, 0) is 19.9 Å². The van der Waals surface area contributed by atoms with Crippen molar-refractivity contribution >= 4 is 18.3 Å². The van der Waals surface area contributed by atoms with E-state index in [1.807, 2.05) is 6.07 Å². The first kappa shape index (κ1) is 19.6. The van der Waals surface area contributed by atoms with Crippen LogP contribution in [0.5, 0.6) is 0 Å². The van der Waals surface area contributed by atoms with Gasteiger partial charge in [-0.2, -0.15) is 5.26 Å². The number of carboxylic acids is 1. The third-order valence-corrected chi connectivity index (χ3v) is 3.47. The van der Waals surface area contributed by atoms with Crippen LogP contribution in [0.2, 0.25) is 0 Å². The van der Waals surface area contributed by atoms with Crippen molar-refractivity contribution in [1.29, 1.82) is 5.26 Å². The molecule has 0 saturated heterocycles. The van der Waals surface area contributed by atoms with Crippen LogP contribution < -0.4 is 5.73 Å². The fourth-order valence-corrected chi connectivity index (χ4v) is 2.39. The fraction of sp³-hybridized carbons (Fsp3) is 0.312. The number of aryl methyl sites for hydroxylation is 2. The average molecular weight is 346 g/mol. The molecule has 2 aromatic heterocycles. The molecule has 0 fully saturated rings. The van der Waals surface area contributed by atoms with Gasteiger partial charge in [-0.25, -0.2) is 4.98 Å². The van der Waals surface area contributed by atoms with Crippen LogP contribution in [0.15, 0.2) is 10.6 Å². The summed E-state index contributed by atoms with van der Waals surface area (Å²) in [6, 6.07) is 3.73. The van der Waals surface area contributed by atoms with Gasteiger partial charge in [0.05, 0.1) is 12.1 Å². The number of anilines is 1. The van der Waals surface area contributed by atoms with Gasteiger partial charge in [-0.15, -0.1) is 0 Å². The average Bonchev–Trinajstić information content (AvgIpc) is 2.85.